The molecule has 0 bridgehead atoms. The van der Waals surface area contributed by atoms with Gasteiger partial charge in [0.1, 0.15) is 0 Å². The number of benzene rings is 3. The summed E-state index contributed by atoms with van der Waals surface area (Å²) in [6.45, 7) is 20.3. The molecule has 0 N–H and O–H groups in total. The van der Waals surface area contributed by atoms with Crippen molar-refractivity contribution < 1.29 is 49.0 Å². The maximum Gasteiger partial charge on any atom is -0.172 e. The first-order chi connectivity index (χ1) is 23.6. The Morgan fingerprint density at radius 2 is 1.29 bits per heavy atom. The van der Waals surface area contributed by atoms with Crippen molar-refractivity contribution in [3.63, 3.8) is 0 Å². The third-order valence-electron chi connectivity index (χ3n) is 13.6. The first-order valence-corrected chi connectivity index (χ1v) is 20.0. The van der Waals surface area contributed by atoms with E-state index in [1.165, 1.54) is 62.5 Å². The second-order valence-electron chi connectivity index (χ2n) is 16.1. The number of halogens is 4. The van der Waals surface area contributed by atoms with Gasteiger partial charge in [0.25, 0.3) is 0 Å². The van der Waals surface area contributed by atoms with Gasteiger partial charge in [-0.25, -0.2) is 18.1 Å². The Kier molecular flexibility index (Phi) is 13.5. The van der Waals surface area contributed by atoms with Gasteiger partial charge >= 0.3 is 120 Å². The third kappa shape index (κ3) is 7.13. The summed E-state index contributed by atoms with van der Waals surface area (Å²) in [6.07, 6.45) is 8.50. The van der Waals surface area contributed by atoms with Gasteiger partial charge in [0, 0.05) is 0 Å². The van der Waals surface area contributed by atoms with Crippen molar-refractivity contribution >= 4 is 32.0 Å². The van der Waals surface area contributed by atoms with Gasteiger partial charge in [0.15, 0.2) is 0 Å². The van der Waals surface area contributed by atoms with Crippen LogP contribution in [0.3, 0.4) is 0 Å². The van der Waals surface area contributed by atoms with Gasteiger partial charge in [-0.2, -0.15) is 29.3 Å². The summed E-state index contributed by atoms with van der Waals surface area (Å²) in [5.41, 5.74) is 12.7. The molecule has 2 atom stereocenters. The summed E-state index contributed by atoms with van der Waals surface area (Å²) in [6, 6.07) is 35.0. The molecule has 5 heteroatoms. The zero-order valence-corrected chi connectivity index (χ0v) is 37.2. The van der Waals surface area contributed by atoms with Crippen molar-refractivity contribution in [3.8, 4) is 0 Å². The van der Waals surface area contributed by atoms with Gasteiger partial charge in [-0.1, -0.05) is 113 Å². The van der Waals surface area contributed by atoms with E-state index in [0.717, 1.165) is 16.5 Å². The summed E-state index contributed by atoms with van der Waals surface area (Å²) >= 11 is 13.1. The van der Waals surface area contributed by atoms with Gasteiger partial charge in [-0.15, -0.1) is 6.92 Å². The fraction of sp³-hybridized carbons (Fsp3) is 0.340. The molecular formula is C47H50Cl4Zr-2. The summed E-state index contributed by atoms with van der Waals surface area (Å²) in [5, 5.41) is 1.53. The van der Waals surface area contributed by atoms with E-state index in [-0.39, 0.29) is 46.5 Å². The largest absolute Gasteiger partial charge is 1.00 e. The molecule has 0 aromatic heterocycles. The van der Waals surface area contributed by atoms with Crippen molar-refractivity contribution in [2.24, 2.45) is 27.6 Å². The predicted molar refractivity (Wildman–Crippen MR) is 212 cm³/mol. The van der Waals surface area contributed by atoms with Crippen molar-refractivity contribution in [1.82, 2.24) is 0 Å². The second kappa shape index (κ2) is 16.4. The van der Waals surface area contributed by atoms with E-state index in [2.05, 4.69) is 91.8 Å². The summed E-state index contributed by atoms with van der Waals surface area (Å²) in [4.78, 5) is 0. The third-order valence-corrected chi connectivity index (χ3v) is 15.5. The number of rotatable bonds is 2. The summed E-state index contributed by atoms with van der Waals surface area (Å²) < 4.78 is 1.31. The Balaban J connectivity index is 0.000000221. The zero-order chi connectivity index (χ0) is 36.1. The molecule has 2 unspecified atom stereocenters. The van der Waals surface area contributed by atoms with Crippen LogP contribution in [0.5, 0.6) is 0 Å². The van der Waals surface area contributed by atoms with E-state index < -0.39 is 0 Å². The monoisotopic (exact) mass is 844 g/mol. The van der Waals surface area contributed by atoms with E-state index in [1.54, 1.807) is 28.2 Å². The fourth-order valence-electron chi connectivity index (χ4n) is 9.29. The fourth-order valence-corrected chi connectivity index (χ4v) is 10.4. The number of allylic oxidation sites excluding steroid dienone is 6. The molecule has 4 aliphatic carbocycles. The molecule has 4 aliphatic rings. The van der Waals surface area contributed by atoms with E-state index >= 15 is 0 Å². The minimum Gasteiger partial charge on any atom is -1.00 e. The number of fused-ring (bicyclic) bond motifs is 6. The van der Waals surface area contributed by atoms with Gasteiger partial charge < -0.3 is 24.8 Å². The second-order valence-corrected chi connectivity index (χ2v) is 18.2. The van der Waals surface area contributed by atoms with Crippen molar-refractivity contribution in [2.75, 3.05) is 0 Å². The molecule has 0 heterocycles. The maximum absolute atomic E-state index is 5.86. The van der Waals surface area contributed by atoms with Crippen LogP contribution in [0.25, 0.3) is 5.57 Å². The first-order valence-electron chi connectivity index (χ1n) is 18.0. The van der Waals surface area contributed by atoms with Crippen LogP contribution in [0, 0.1) is 33.5 Å². The smallest absolute Gasteiger partial charge is 0.172 e. The number of hydrogen-bond donors (Lipinski definition) is 0. The Hall–Kier alpha value is -1.99. The Morgan fingerprint density at radius 1 is 0.750 bits per heavy atom. The predicted octanol–water partition coefficient (Wildman–Crippen LogP) is 7.49. The molecule has 52 heavy (non-hydrogen) atoms. The molecular weight excluding hydrogens is 798 g/mol. The molecule has 1 saturated carbocycles. The standard InChI is InChI=1S/C29H37.C13H8Cl2.C5H5.2ClH.Zr/c1-18-25-22-17-19-13-9-10-14-20(19)24(22)21-15-11-12-16-23(21)29(25,8)28(6,7)27(4,5)26(18,2)3;14-12-5-1-10(2-6-12)9-11-3-7-13(15)8-4-11;1-2-4-5-3-1;;;/h9-11,13-15,23H,12,16-17H2,1-8H3;1-8H;1-5H;2*1H;/q-1;;-1;;;+2/p-2. The maximum atomic E-state index is 5.86. The molecule has 0 spiro atoms. The summed E-state index contributed by atoms with van der Waals surface area (Å²) in [5.74, 6) is 2.24. The molecule has 0 saturated heterocycles. The van der Waals surface area contributed by atoms with Crippen LogP contribution in [-0.2, 0) is 30.7 Å². The number of hydrogen-bond acceptors (Lipinski definition) is 0. The van der Waals surface area contributed by atoms with Gasteiger partial charge in [-0.05, 0) is 40.6 Å². The van der Waals surface area contributed by atoms with Gasteiger partial charge in [0.05, 0.1) is 0 Å². The Bertz CT molecular complexity index is 1890. The van der Waals surface area contributed by atoms with Crippen molar-refractivity contribution in [2.45, 2.75) is 74.7 Å². The molecule has 272 valence electrons. The molecule has 4 aromatic carbocycles. The molecule has 0 radical (unpaired) electrons. The summed E-state index contributed by atoms with van der Waals surface area (Å²) in [7, 11) is 0. The van der Waals surface area contributed by atoms with Crippen molar-refractivity contribution in [3.05, 3.63) is 170 Å². The molecule has 4 aromatic rings. The van der Waals surface area contributed by atoms with E-state index in [9.17, 15) is 0 Å². The minimum absolute atomic E-state index is 0. The first kappa shape index (κ1) is 42.8. The van der Waals surface area contributed by atoms with Crippen LogP contribution in [-0.4, -0.2) is 3.21 Å². The van der Waals surface area contributed by atoms with Crippen LogP contribution in [0.4, 0.5) is 0 Å². The normalized spacial score (nSPS) is 22.5. The topological polar surface area (TPSA) is 0 Å². The average Bonchev–Trinajstić information content (AvgIpc) is 3.81. The van der Waals surface area contributed by atoms with Crippen LogP contribution >= 0.6 is 23.2 Å². The Morgan fingerprint density at radius 3 is 1.81 bits per heavy atom. The van der Waals surface area contributed by atoms with Crippen LogP contribution in [0.1, 0.15) is 90.5 Å². The van der Waals surface area contributed by atoms with Gasteiger partial charge in [-0.3, -0.25) is 0 Å². The average molecular weight is 848 g/mol. The van der Waals surface area contributed by atoms with Crippen LogP contribution < -0.4 is 24.8 Å². The van der Waals surface area contributed by atoms with Gasteiger partial charge in [0.2, 0.25) is 0 Å². The molecule has 1 fully saturated rings. The molecule has 0 nitrogen and oxygen atoms in total. The molecule has 8 rings (SSSR count). The quantitative estimate of drug-likeness (QED) is 0.184. The van der Waals surface area contributed by atoms with E-state index in [1.807, 2.05) is 78.9 Å². The zero-order valence-electron chi connectivity index (χ0n) is 31.7. The Labute approximate surface area is 350 Å². The van der Waals surface area contributed by atoms with E-state index in [0.29, 0.717) is 5.92 Å². The minimum atomic E-state index is 0. The van der Waals surface area contributed by atoms with Crippen LogP contribution in [0.15, 0.2) is 132 Å². The molecule has 0 aliphatic heterocycles. The van der Waals surface area contributed by atoms with Crippen LogP contribution in [0.2, 0.25) is 10.0 Å². The SMILES string of the molecule is C[C-]1C2=C3Cc4ccccc4C3=C3C=CCCC3C2(C)C(C)(C)C(C)(C)C1(C)C.Clc1ccc([C](=[Zr+2])c2ccc(Cl)cc2)cc1.[Cl-].[Cl-].c1cc[cH-]c1. The molecule has 0 amide bonds. The van der Waals surface area contributed by atoms with E-state index in [4.69, 9.17) is 23.2 Å². The van der Waals surface area contributed by atoms with Crippen molar-refractivity contribution in [1.29, 1.82) is 0 Å².